The van der Waals surface area contributed by atoms with Crippen LogP contribution in [0.5, 0.6) is 0 Å². The van der Waals surface area contributed by atoms with Crippen molar-refractivity contribution in [3.05, 3.63) is 0 Å². The second-order valence-corrected chi connectivity index (χ2v) is 4.40. The first-order valence-corrected chi connectivity index (χ1v) is 5.71. The van der Waals surface area contributed by atoms with Gasteiger partial charge in [0.1, 0.15) is 5.78 Å². The van der Waals surface area contributed by atoms with Crippen LogP contribution in [0.4, 0.5) is 0 Å². The van der Waals surface area contributed by atoms with E-state index < -0.39 is 0 Å². The first kappa shape index (κ1) is 14.2. The summed E-state index contributed by atoms with van der Waals surface area (Å²) < 4.78 is 0. The van der Waals surface area contributed by atoms with Gasteiger partial charge in [-0.3, -0.25) is 4.79 Å². The van der Waals surface area contributed by atoms with E-state index in [2.05, 4.69) is 25.7 Å². The molecule has 0 aromatic carbocycles. The number of carbonyl (C=O) groups is 1. The highest BCUT2D eigenvalue weighted by Gasteiger charge is 2.13. The summed E-state index contributed by atoms with van der Waals surface area (Å²) in [7, 11) is 0. The van der Waals surface area contributed by atoms with E-state index in [-0.39, 0.29) is 0 Å². The first-order valence-electron chi connectivity index (χ1n) is 5.71. The molecule has 0 rings (SSSR count). The minimum Gasteiger partial charge on any atom is -0.330 e. The molecule has 0 spiro atoms. The lowest BCUT2D eigenvalue weighted by Crippen LogP contribution is -2.19. The van der Waals surface area contributed by atoms with Gasteiger partial charge in [-0.05, 0) is 31.7 Å². The van der Waals surface area contributed by atoms with Crippen molar-refractivity contribution in [1.29, 1.82) is 0 Å². The maximum atomic E-state index is 11.5. The number of carbonyl (C=O) groups excluding carboxylic acids is 1. The van der Waals surface area contributed by atoms with E-state index >= 15 is 0 Å². The number of ketones is 1. The van der Waals surface area contributed by atoms with Crippen LogP contribution >= 0.6 is 0 Å². The molecule has 0 saturated heterocycles. The summed E-state index contributed by atoms with van der Waals surface area (Å²) in [4.78, 5) is 11.5. The SMILES string of the molecule is CC#CCCC(=O)CC(CN)CC(C)C. The third-order valence-electron chi connectivity index (χ3n) is 2.36. The van der Waals surface area contributed by atoms with E-state index in [0.29, 0.717) is 43.4 Å². The van der Waals surface area contributed by atoms with E-state index in [1.54, 1.807) is 6.92 Å². The summed E-state index contributed by atoms with van der Waals surface area (Å²) in [6.45, 7) is 6.74. The van der Waals surface area contributed by atoms with Crippen molar-refractivity contribution in [1.82, 2.24) is 0 Å². The molecule has 2 N–H and O–H groups in total. The van der Waals surface area contributed by atoms with Crippen molar-refractivity contribution in [2.24, 2.45) is 17.6 Å². The Morgan fingerprint density at radius 1 is 1.40 bits per heavy atom. The number of nitrogens with two attached hydrogens (primary N) is 1. The van der Waals surface area contributed by atoms with Crippen molar-refractivity contribution >= 4 is 5.78 Å². The smallest absolute Gasteiger partial charge is 0.134 e. The highest BCUT2D eigenvalue weighted by Crippen LogP contribution is 2.15. The highest BCUT2D eigenvalue weighted by molar-refractivity contribution is 5.78. The van der Waals surface area contributed by atoms with Gasteiger partial charge in [0.2, 0.25) is 0 Å². The molecular weight excluding hydrogens is 186 g/mol. The second-order valence-electron chi connectivity index (χ2n) is 4.40. The van der Waals surface area contributed by atoms with Crippen molar-refractivity contribution in [2.75, 3.05) is 6.54 Å². The largest absolute Gasteiger partial charge is 0.330 e. The van der Waals surface area contributed by atoms with E-state index in [0.717, 1.165) is 6.42 Å². The van der Waals surface area contributed by atoms with Gasteiger partial charge in [0.05, 0.1) is 0 Å². The van der Waals surface area contributed by atoms with E-state index in [9.17, 15) is 4.79 Å². The third kappa shape index (κ3) is 8.20. The number of hydrogen-bond donors (Lipinski definition) is 1. The predicted molar refractivity (Wildman–Crippen MR) is 64.3 cm³/mol. The van der Waals surface area contributed by atoms with Crippen LogP contribution in [0.1, 0.15) is 46.5 Å². The third-order valence-corrected chi connectivity index (χ3v) is 2.36. The topological polar surface area (TPSA) is 43.1 Å². The fourth-order valence-corrected chi connectivity index (χ4v) is 1.68. The molecule has 0 amide bonds. The molecule has 0 saturated carbocycles. The molecule has 0 radical (unpaired) electrons. The highest BCUT2D eigenvalue weighted by atomic mass is 16.1. The fraction of sp³-hybridized carbons (Fsp3) is 0.769. The van der Waals surface area contributed by atoms with Gasteiger partial charge in [0.15, 0.2) is 0 Å². The summed E-state index contributed by atoms with van der Waals surface area (Å²) >= 11 is 0. The molecule has 0 aromatic heterocycles. The normalized spacial score (nSPS) is 12.1. The monoisotopic (exact) mass is 209 g/mol. The Hall–Kier alpha value is -0.810. The zero-order chi connectivity index (χ0) is 11.7. The average molecular weight is 209 g/mol. The van der Waals surface area contributed by atoms with Gasteiger partial charge in [0.25, 0.3) is 0 Å². The van der Waals surface area contributed by atoms with Gasteiger partial charge in [-0.15, -0.1) is 11.8 Å². The maximum Gasteiger partial charge on any atom is 0.134 e. The molecule has 0 aromatic rings. The van der Waals surface area contributed by atoms with E-state index in [1.165, 1.54) is 0 Å². The predicted octanol–water partition coefficient (Wildman–Crippen LogP) is 2.37. The van der Waals surface area contributed by atoms with Crippen LogP contribution in [0, 0.1) is 23.7 Å². The van der Waals surface area contributed by atoms with E-state index in [4.69, 9.17) is 5.73 Å². The lowest BCUT2D eigenvalue weighted by molar-refractivity contribution is -0.119. The summed E-state index contributed by atoms with van der Waals surface area (Å²) in [5, 5.41) is 0. The van der Waals surface area contributed by atoms with Crippen LogP contribution in [-0.2, 0) is 4.79 Å². The van der Waals surface area contributed by atoms with Gasteiger partial charge >= 0.3 is 0 Å². The van der Waals surface area contributed by atoms with E-state index in [1.807, 2.05) is 0 Å². The second kappa shape index (κ2) is 8.49. The summed E-state index contributed by atoms with van der Waals surface area (Å²) in [6.07, 6.45) is 2.94. The van der Waals surface area contributed by atoms with Crippen molar-refractivity contribution < 1.29 is 4.79 Å². The Bertz CT molecular complexity index is 235. The Labute approximate surface area is 93.6 Å². The number of hydrogen-bond acceptors (Lipinski definition) is 2. The van der Waals surface area contributed by atoms with Crippen LogP contribution in [0.25, 0.3) is 0 Å². The van der Waals surface area contributed by atoms with Crippen LogP contribution < -0.4 is 5.73 Å². The molecule has 0 aliphatic rings. The molecule has 0 fully saturated rings. The zero-order valence-electron chi connectivity index (χ0n) is 10.2. The van der Waals surface area contributed by atoms with Crippen molar-refractivity contribution in [3.8, 4) is 11.8 Å². The molecule has 1 atom stereocenters. The van der Waals surface area contributed by atoms with Crippen molar-refractivity contribution in [2.45, 2.75) is 46.5 Å². The molecule has 86 valence electrons. The molecule has 1 unspecified atom stereocenters. The first-order chi connectivity index (χ1) is 7.10. The Balaban J connectivity index is 3.83. The van der Waals surface area contributed by atoms with Crippen molar-refractivity contribution in [3.63, 3.8) is 0 Å². The molecule has 0 aliphatic heterocycles. The summed E-state index contributed by atoms with van der Waals surface area (Å²) in [5.74, 6) is 6.97. The van der Waals surface area contributed by atoms with Crippen LogP contribution in [0.2, 0.25) is 0 Å². The number of Topliss-reactive ketones (excluding diaryl/α,β-unsaturated/α-hetero) is 1. The summed E-state index contributed by atoms with van der Waals surface area (Å²) in [5.41, 5.74) is 5.64. The molecule has 0 bridgehead atoms. The lowest BCUT2D eigenvalue weighted by Gasteiger charge is -2.15. The fourth-order valence-electron chi connectivity index (χ4n) is 1.68. The standard InChI is InChI=1S/C13H23NO/c1-4-5-6-7-13(15)9-12(10-14)8-11(2)3/h11-12H,6-10,14H2,1-3H3. The number of rotatable bonds is 7. The molecule has 0 heterocycles. The Morgan fingerprint density at radius 2 is 2.07 bits per heavy atom. The van der Waals surface area contributed by atoms with Gasteiger partial charge in [0, 0.05) is 19.3 Å². The zero-order valence-corrected chi connectivity index (χ0v) is 10.2. The summed E-state index contributed by atoms with van der Waals surface area (Å²) in [6, 6.07) is 0. The lowest BCUT2D eigenvalue weighted by atomic mass is 9.91. The molecule has 2 heteroatoms. The van der Waals surface area contributed by atoms with Crippen LogP contribution in [0.15, 0.2) is 0 Å². The minimum atomic E-state index is 0.300. The quantitative estimate of drug-likeness (QED) is 0.654. The van der Waals surface area contributed by atoms with Gasteiger partial charge in [-0.1, -0.05) is 13.8 Å². The van der Waals surface area contributed by atoms with Gasteiger partial charge < -0.3 is 5.73 Å². The van der Waals surface area contributed by atoms with Gasteiger partial charge in [-0.2, -0.15) is 0 Å². The average Bonchev–Trinajstić information content (AvgIpc) is 2.16. The van der Waals surface area contributed by atoms with Gasteiger partial charge in [-0.25, -0.2) is 0 Å². The molecule has 15 heavy (non-hydrogen) atoms. The molecular formula is C13H23NO. The van der Waals surface area contributed by atoms with Crippen LogP contribution in [-0.4, -0.2) is 12.3 Å². The maximum absolute atomic E-state index is 11.5. The molecule has 0 aliphatic carbocycles. The molecule has 2 nitrogen and oxygen atoms in total. The Morgan fingerprint density at radius 3 is 2.53 bits per heavy atom. The Kier molecular flexibility index (Phi) is 8.04. The minimum absolute atomic E-state index is 0.300. The van der Waals surface area contributed by atoms with Crippen LogP contribution in [0.3, 0.4) is 0 Å².